The van der Waals surface area contributed by atoms with Crippen molar-refractivity contribution in [1.82, 2.24) is 9.88 Å². The molecule has 1 aromatic heterocycles. The Balaban J connectivity index is 1.56. The van der Waals surface area contributed by atoms with Gasteiger partial charge in [-0.3, -0.25) is 0 Å². The van der Waals surface area contributed by atoms with Crippen molar-refractivity contribution in [2.45, 2.75) is 20.1 Å². The molecule has 0 aliphatic heterocycles. The van der Waals surface area contributed by atoms with Gasteiger partial charge in [-0.25, -0.2) is 4.79 Å². The number of alkyl carbamates (subject to hydrolysis) is 1. The molecule has 2 aromatic carbocycles. The summed E-state index contributed by atoms with van der Waals surface area (Å²) in [4.78, 5) is 11.8. The van der Waals surface area contributed by atoms with Crippen molar-refractivity contribution in [1.29, 1.82) is 0 Å². The molecule has 0 aliphatic rings. The number of aromatic nitrogens is 1. The highest BCUT2D eigenvalue weighted by Crippen LogP contribution is 2.19. The van der Waals surface area contributed by atoms with E-state index in [9.17, 15) is 4.79 Å². The normalized spacial score (nSPS) is 10.7. The van der Waals surface area contributed by atoms with Crippen LogP contribution in [0.5, 0.6) is 0 Å². The zero-order chi connectivity index (χ0) is 16.2. The van der Waals surface area contributed by atoms with Crippen molar-refractivity contribution in [3.8, 4) is 0 Å². The van der Waals surface area contributed by atoms with Crippen LogP contribution >= 0.6 is 0 Å². The van der Waals surface area contributed by atoms with E-state index in [0.29, 0.717) is 6.54 Å². The van der Waals surface area contributed by atoms with Gasteiger partial charge in [0.15, 0.2) is 0 Å². The van der Waals surface area contributed by atoms with E-state index in [0.717, 1.165) is 11.1 Å². The molecule has 0 unspecified atom stereocenters. The molecule has 0 spiro atoms. The highest BCUT2D eigenvalue weighted by molar-refractivity contribution is 5.82. The first-order chi connectivity index (χ1) is 11.1. The lowest BCUT2D eigenvalue weighted by atomic mass is 10.1. The van der Waals surface area contributed by atoms with Gasteiger partial charge >= 0.3 is 6.09 Å². The Labute approximate surface area is 135 Å². The van der Waals surface area contributed by atoms with Gasteiger partial charge < -0.3 is 14.6 Å². The van der Waals surface area contributed by atoms with Crippen LogP contribution in [-0.4, -0.2) is 10.7 Å². The first kappa shape index (κ1) is 15.2. The summed E-state index contributed by atoms with van der Waals surface area (Å²) in [5, 5.41) is 3.97. The molecule has 4 heteroatoms. The number of amides is 1. The zero-order valence-electron chi connectivity index (χ0n) is 13.4. The number of carbonyl (C=O) groups excluding carboxylic acids is 1. The van der Waals surface area contributed by atoms with E-state index in [-0.39, 0.29) is 6.61 Å². The number of benzene rings is 2. The highest BCUT2D eigenvalue weighted by Gasteiger charge is 2.06. The van der Waals surface area contributed by atoms with Crippen LogP contribution in [-0.2, 0) is 24.9 Å². The third-order valence-corrected chi connectivity index (χ3v) is 4.00. The summed E-state index contributed by atoms with van der Waals surface area (Å²) in [6, 6.07) is 18.0. The summed E-state index contributed by atoms with van der Waals surface area (Å²) < 4.78 is 7.36. The Morgan fingerprint density at radius 3 is 2.65 bits per heavy atom. The maximum atomic E-state index is 11.8. The van der Waals surface area contributed by atoms with E-state index in [4.69, 9.17) is 4.74 Å². The Kier molecular flexibility index (Phi) is 4.33. The van der Waals surface area contributed by atoms with Gasteiger partial charge in [-0.05, 0) is 36.2 Å². The first-order valence-corrected chi connectivity index (χ1v) is 7.63. The lowest BCUT2D eigenvalue weighted by Crippen LogP contribution is -2.23. The fourth-order valence-electron chi connectivity index (χ4n) is 2.60. The van der Waals surface area contributed by atoms with Gasteiger partial charge in [0.05, 0.1) is 0 Å². The number of rotatable bonds is 4. The largest absolute Gasteiger partial charge is 0.445 e. The van der Waals surface area contributed by atoms with Gasteiger partial charge in [-0.15, -0.1) is 0 Å². The van der Waals surface area contributed by atoms with Gasteiger partial charge in [-0.2, -0.15) is 0 Å². The van der Waals surface area contributed by atoms with Gasteiger partial charge in [-0.1, -0.05) is 36.4 Å². The number of hydrogen-bond acceptors (Lipinski definition) is 2. The van der Waals surface area contributed by atoms with E-state index < -0.39 is 6.09 Å². The number of carbonyl (C=O) groups is 1. The second-order valence-corrected chi connectivity index (χ2v) is 5.65. The molecule has 0 saturated heterocycles. The third kappa shape index (κ3) is 3.54. The van der Waals surface area contributed by atoms with E-state index in [2.05, 4.69) is 42.1 Å². The van der Waals surface area contributed by atoms with Crippen molar-refractivity contribution < 1.29 is 9.53 Å². The molecule has 0 radical (unpaired) electrons. The van der Waals surface area contributed by atoms with Crippen LogP contribution in [0, 0.1) is 6.92 Å². The molecule has 0 aliphatic carbocycles. The molecule has 3 aromatic rings. The number of hydrogen-bond donors (Lipinski definition) is 1. The average molecular weight is 308 g/mol. The standard InChI is InChI=1S/C19H20N2O2/c1-14-10-17-11-16(8-9-18(17)21(14)2)12-20-19(22)23-13-15-6-4-3-5-7-15/h3-11H,12-13H2,1-2H3,(H,20,22). The van der Waals surface area contributed by atoms with Crippen LogP contribution in [0.3, 0.4) is 0 Å². The predicted molar refractivity (Wildman–Crippen MR) is 91.1 cm³/mol. The Bertz CT molecular complexity index is 822. The molecule has 1 amide bonds. The molecule has 4 nitrogen and oxygen atoms in total. The molecule has 1 heterocycles. The van der Waals surface area contributed by atoms with Crippen LogP contribution in [0.2, 0.25) is 0 Å². The minimum atomic E-state index is -0.404. The van der Waals surface area contributed by atoms with Crippen LogP contribution in [0.15, 0.2) is 54.6 Å². The number of aryl methyl sites for hydroxylation is 2. The maximum absolute atomic E-state index is 11.8. The van der Waals surface area contributed by atoms with Crippen molar-refractivity contribution in [3.05, 3.63) is 71.4 Å². The SMILES string of the molecule is Cc1cc2cc(CNC(=O)OCc3ccccc3)ccc2n1C. The molecule has 0 fully saturated rings. The van der Waals surface area contributed by atoms with E-state index in [1.54, 1.807) is 0 Å². The van der Waals surface area contributed by atoms with Gasteiger partial charge in [0.2, 0.25) is 0 Å². The Hall–Kier alpha value is -2.75. The molecule has 0 atom stereocenters. The predicted octanol–water partition coefficient (Wildman–Crippen LogP) is 3.91. The van der Waals surface area contributed by atoms with Crippen molar-refractivity contribution in [2.75, 3.05) is 0 Å². The van der Waals surface area contributed by atoms with Crippen LogP contribution in [0.1, 0.15) is 16.8 Å². The summed E-state index contributed by atoms with van der Waals surface area (Å²) in [5.41, 5.74) is 4.44. The lowest BCUT2D eigenvalue weighted by molar-refractivity contribution is 0.139. The van der Waals surface area contributed by atoms with E-state index in [1.807, 2.05) is 36.4 Å². The van der Waals surface area contributed by atoms with E-state index >= 15 is 0 Å². The number of fused-ring (bicyclic) bond motifs is 1. The second kappa shape index (κ2) is 6.57. The molecule has 0 bridgehead atoms. The van der Waals surface area contributed by atoms with Crippen molar-refractivity contribution in [2.24, 2.45) is 7.05 Å². The molecular formula is C19H20N2O2. The third-order valence-electron chi connectivity index (χ3n) is 4.00. The average Bonchev–Trinajstić information content (AvgIpc) is 2.86. The van der Waals surface area contributed by atoms with Crippen molar-refractivity contribution >= 4 is 17.0 Å². The van der Waals surface area contributed by atoms with Gasteiger partial charge in [0.1, 0.15) is 6.61 Å². The van der Waals surface area contributed by atoms with Crippen molar-refractivity contribution in [3.63, 3.8) is 0 Å². The number of nitrogens with zero attached hydrogens (tertiary/aromatic N) is 1. The maximum Gasteiger partial charge on any atom is 0.407 e. The van der Waals surface area contributed by atoms with Crippen LogP contribution < -0.4 is 5.32 Å². The Morgan fingerprint density at radius 2 is 1.87 bits per heavy atom. The molecular weight excluding hydrogens is 288 g/mol. The van der Waals surface area contributed by atoms with Gasteiger partial charge in [0.25, 0.3) is 0 Å². The smallest absolute Gasteiger partial charge is 0.407 e. The fraction of sp³-hybridized carbons (Fsp3) is 0.211. The summed E-state index contributed by atoms with van der Waals surface area (Å²) in [7, 11) is 2.05. The molecule has 1 N–H and O–H groups in total. The number of nitrogens with one attached hydrogen (secondary N) is 1. The lowest BCUT2D eigenvalue weighted by Gasteiger charge is -2.07. The summed E-state index contributed by atoms with van der Waals surface area (Å²) in [6.45, 7) is 2.82. The quantitative estimate of drug-likeness (QED) is 0.794. The van der Waals surface area contributed by atoms with Crippen LogP contribution in [0.25, 0.3) is 10.9 Å². The second-order valence-electron chi connectivity index (χ2n) is 5.65. The molecule has 118 valence electrons. The molecule has 3 rings (SSSR count). The zero-order valence-corrected chi connectivity index (χ0v) is 13.4. The number of ether oxygens (including phenoxy) is 1. The minimum Gasteiger partial charge on any atom is -0.445 e. The molecule has 23 heavy (non-hydrogen) atoms. The van der Waals surface area contributed by atoms with Crippen LogP contribution in [0.4, 0.5) is 4.79 Å². The fourth-order valence-corrected chi connectivity index (χ4v) is 2.60. The highest BCUT2D eigenvalue weighted by atomic mass is 16.5. The molecule has 0 saturated carbocycles. The monoisotopic (exact) mass is 308 g/mol. The van der Waals surface area contributed by atoms with E-state index in [1.165, 1.54) is 16.6 Å². The summed E-state index contributed by atoms with van der Waals surface area (Å²) in [5.74, 6) is 0. The van der Waals surface area contributed by atoms with Gasteiger partial charge in [0, 0.05) is 30.2 Å². The summed E-state index contributed by atoms with van der Waals surface area (Å²) >= 11 is 0. The summed E-state index contributed by atoms with van der Waals surface area (Å²) in [6.07, 6.45) is -0.404. The first-order valence-electron chi connectivity index (χ1n) is 7.63. The Morgan fingerprint density at radius 1 is 1.09 bits per heavy atom. The minimum absolute atomic E-state index is 0.281. The topological polar surface area (TPSA) is 43.3 Å².